The summed E-state index contributed by atoms with van der Waals surface area (Å²) in [4.78, 5) is 21.1. The molecule has 0 unspecified atom stereocenters. The van der Waals surface area contributed by atoms with Crippen molar-refractivity contribution in [2.75, 3.05) is 12.4 Å². The molecule has 94 valence electrons. The van der Waals surface area contributed by atoms with Gasteiger partial charge in [-0.1, -0.05) is 0 Å². The van der Waals surface area contributed by atoms with Gasteiger partial charge in [-0.05, 0) is 19.1 Å². The van der Waals surface area contributed by atoms with Crippen LogP contribution in [0, 0.1) is 6.92 Å². The summed E-state index contributed by atoms with van der Waals surface area (Å²) in [6.07, 6.45) is 3.38. The Bertz CT molecular complexity index is 553. The average Bonchev–Trinajstić information content (AvgIpc) is 2.82. The van der Waals surface area contributed by atoms with Crippen molar-refractivity contribution in [3.63, 3.8) is 0 Å². The second-order valence-corrected chi connectivity index (χ2v) is 5.03. The fourth-order valence-corrected chi connectivity index (χ4v) is 2.19. The third-order valence-electron chi connectivity index (χ3n) is 2.37. The van der Waals surface area contributed by atoms with Gasteiger partial charge in [-0.3, -0.25) is 9.78 Å². The standard InChI is InChI=1S/C12H14N4OS/c1-8-15-6-10(18-8)7-16-12(17)11-5-9(13-2)3-4-14-11/h3-6H,7H2,1-2H3,(H,13,14)(H,16,17). The number of rotatable bonds is 4. The van der Waals surface area contributed by atoms with Gasteiger partial charge in [0, 0.05) is 30.0 Å². The van der Waals surface area contributed by atoms with Crippen molar-refractivity contribution >= 4 is 22.9 Å². The van der Waals surface area contributed by atoms with Crippen LogP contribution in [0.5, 0.6) is 0 Å². The second-order valence-electron chi connectivity index (χ2n) is 3.71. The third kappa shape index (κ3) is 3.04. The van der Waals surface area contributed by atoms with Gasteiger partial charge in [0.25, 0.3) is 5.91 Å². The summed E-state index contributed by atoms with van der Waals surface area (Å²) in [6, 6.07) is 3.52. The van der Waals surface area contributed by atoms with E-state index in [4.69, 9.17) is 0 Å². The van der Waals surface area contributed by atoms with Crippen LogP contribution in [0.3, 0.4) is 0 Å². The molecule has 2 heterocycles. The molecule has 0 aliphatic carbocycles. The molecule has 0 spiro atoms. The first-order valence-electron chi connectivity index (χ1n) is 5.52. The molecule has 2 N–H and O–H groups in total. The Balaban J connectivity index is 1.99. The van der Waals surface area contributed by atoms with Crippen LogP contribution < -0.4 is 10.6 Å². The van der Waals surface area contributed by atoms with E-state index in [0.29, 0.717) is 12.2 Å². The molecule has 0 aliphatic rings. The molecule has 2 aromatic rings. The van der Waals surface area contributed by atoms with Crippen molar-refractivity contribution < 1.29 is 4.79 Å². The summed E-state index contributed by atoms with van der Waals surface area (Å²) >= 11 is 1.57. The smallest absolute Gasteiger partial charge is 0.270 e. The van der Waals surface area contributed by atoms with Crippen LogP contribution in [0.1, 0.15) is 20.4 Å². The van der Waals surface area contributed by atoms with E-state index < -0.39 is 0 Å². The Kier molecular flexibility index (Phi) is 3.88. The number of nitrogens with zero attached hydrogens (tertiary/aromatic N) is 2. The summed E-state index contributed by atoms with van der Waals surface area (Å²) in [5, 5.41) is 6.79. The molecule has 2 aromatic heterocycles. The number of aromatic nitrogens is 2. The molecule has 1 amide bonds. The number of hydrogen-bond donors (Lipinski definition) is 2. The van der Waals surface area contributed by atoms with E-state index in [1.807, 2.05) is 13.0 Å². The van der Waals surface area contributed by atoms with Gasteiger partial charge in [0.05, 0.1) is 11.6 Å². The maximum Gasteiger partial charge on any atom is 0.270 e. The van der Waals surface area contributed by atoms with E-state index >= 15 is 0 Å². The van der Waals surface area contributed by atoms with Gasteiger partial charge in [-0.15, -0.1) is 11.3 Å². The molecule has 0 atom stereocenters. The number of nitrogens with one attached hydrogen (secondary N) is 2. The van der Waals surface area contributed by atoms with Gasteiger partial charge in [0.15, 0.2) is 0 Å². The third-order valence-corrected chi connectivity index (χ3v) is 3.29. The topological polar surface area (TPSA) is 66.9 Å². The Hall–Kier alpha value is -1.95. The van der Waals surface area contributed by atoms with Gasteiger partial charge < -0.3 is 10.6 Å². The van der Waals surface area contributed by atoms with Gasteiger partial charge in [0.1, 0.15) is 5.69 Å². The van der Waals surface area contributed by atoms with Gasteiger partial charge in [-0.25, -0.2) is 4.98 Å². The first-order valence-corrected chi connectivity index (χ1v) is 6.34. The van der Waals surface area contributed by atoms with Crippen LogP contribution in [0.4, 0.5) is 5.69 Å². The zero-order chi connectivity index (χ0) is 13.0. The number of aryl methyl sites for hydroxylation is 1. The van der Waals surface area contributed by atoms with Gasteiger partial charge in [-0.2, -0.15) is 0 Å². The van der Waals surface area contributed by atoms with Gasteiger partial charge >= 0.3 is 0 Å². The zero-order valence-corrected chi connectivity index (χ0v) is 11.0. The highest BCUT2D eigenvalue weighted by Gasteiger charge is 2.08. The molecule has 6 heteroatoms. The van der Waals surface area contributed by atoms with Crippen molar-refractivity contribution in [1.29, 1.82) is 0 Å². The molecule has 2 rings (SSSR count). The van der Waals surface area contributed by atoms with Crippen molar-refractivity contribution in [1.82, 2.24) is 15.3 Å². The monoisotopic (exact) mass is 262 g/mol. The fourth-order valence-electron chi connectivity index (χ4n) is 1.46. The Labute approximate surface area is 109 Å². The van der Waals surface area contributed by atoms with E-state index in [2.05, 4.69) is 20.6 Å². The summed E-state index contributed by atoms with van der Waals surface area (Å²) < 4.78 is 0. The Morgan fingerprint density at radius 2 is 2.28 bits per heavy atom. The van der Waals surface area contributed by atoms with Crippen molar-refractivity contribution in [2.45, 2.75) is 13.5 Å². The molecule has 0 bridgehead atoms. The minimum atomic E-state index is -0.182. The molecule has 18 heavy (non-hydrogen) atoms. The van der Waals surface area contributed by atoms with E-state index in [1.54, 1.807) is 36.8 Å². The number of hydrogen-bond acceptors (Lipinski definition) is 5. The van der Waals surface area contributed by atoms with E-state index in [-0.39, 0.29) is 5.91 Å². The summed E-state index contributed by atoms with van der Waals surface area (Å²) in [7, 11) is 1.80. The lowest BCUT2D eigenvalue weighted by atomic mass is 10.3. The van der Waals surface area contributed by atoms with Crippen LogP contribution in [-0.4, -0.2) is 22.9 Å². The Morgan fingerprint density at radius 1 is 1.44 bits per heavy atom. The largest absolute Gasteiger partial charge is 0.388 e. The number of pyridine rings is 1. The minimum Gasteiger partial charge on any atom is -0.388 e. The van der Waals surface area contributed by atoms with Crippen molar-refractivity contribution in [2.24, 2.45) is 0 Å². The molecule has 0 radical (unpaired) electrons. The molecular formula is C12H14N4OS. The van der Waals surface area contributed by atoms with Crippen LogP contribution in [-0.2, 0) is 6.54 Å². The highest BCUT2D eigenvalue weighted by atomic mass is 32.1. The lowest BCUT2D eigenvalue weighted by Crippen LogP contribution is -2.23. The normalized spacial score (nSPS) is 10.1. The maximum absolute atomic E-state index is 11.9. The molecule has 0 fully saturated rings. The molecule has 0 saturated heterocycles. The van der Waals surface area contributed by atoms with Crippen LogP contribution >= 0.6 is 11.3 Å². The van der Waals surface area contributed by atoms with Crippen LogP contribution in [0.25, 0.3) is 0 Å². The molecule has 5 nitrogen and oxygen atoms in total. The first kappa shape index (κ1) is 12.5. The number of anilines is 1. The SMILES string of the molecule is CNc1ccnc(C(=O)NCc2cnc(C)s2)c1. The highest BCUT2D eigenvalue weighted by molar-refractivity contribution is 7.11. The molecular weight excluding hydrogens is 248 g/mol. The fraction of sp³-hybridized carbons (Fsp3) is 0.250. The highest BCUT2D eigenvalue weighted by Crippen LogP contribution is 2.11. The van der Waals surface area contributed by atoms with Crippen molar-refractivity contribution in [3.8, 4) is 0 Å². The van der Waals surface area contributed by atoms with E-state index in [1.165, 1.54) is 0 Å². The number of carbonyl (C=O) groups excluding carboxylic acids is 1. The minimum absolute atomic E-state index is 0.182. The van der Waals surface area contributed by atoms with E-state index in [9.17, 15) is 4.79 Å². The van der Waals surface area contributed by atoms with Crippen molar-refractivity contribution in [3.05, 3.63) is 40.1 Å². The van der Waals surface area contributed by atoms with E-state index in [0.717, 1.165) is 15.6 Å². The zero-order valence-electron chi connectivity index (χ0n) is 10.2. The van der Waals surface area contributed by atoms with Crippen LogP contribution in [0.2, 0.25) is 0 Å². The summed E-state index contributed by atoms with van der Waals surface area (Å²) in [5.74, 6) is -0.182. The predicted octanol–water partition coefficient (Wildman–Crippen LogP) is 1.82. The quantitative estimate of drug-likeness (QED) is 0.882. The van der Waals surface area contributed by atoms with Gasteiger partial charge in [0.2, 0.25) is 0 Å². The summed E-state index contributed by atoms with van der Waals surface area (Å²) in [5.41, 5.74) is 1.27. The number of carbonyl (C=O) groups is 1. The first-order chi connectivity index (χ1) is 8.69. The molecule has 0 saturated carbocycles. The molecule has 0 aromatic carbocycles. The number of amides is 1. The predicted molar refractivity (Wildman–Crippen MR) is 71.8 cm³/mol. The summed E-state index contributed by atoms with van der Waals surface area (Å²) in [6.45, 7) is 2.42. The number of thiazole rings is 1. The average molecular weight is 262 g/mol. The van der Waals surface area contributed by atoms with Crippen LogP contribution in [0.15, 0.2) is 24.5 Å². The second kappa shape index (κ2) is 5.59. The maximum atomic E-state index is 11.9. The lowest BCUT2D eigenvalue weighted by Gasteiger charge is -2.04. The Morgan fingerprint density at radius 3 is 2.94 bits per heavy atom. The lowest BCUT2D eigenvalue weighted by molar-refractivity contribution is 0.0946. The molecule has 0 aliphatic heterocycles.